The molecule has 0 fully saturated rings. The van der Waals surface area contributed by atoms with Crippen LogP contribution in [0.1, 0.15) is 15.9 Å². The highest BCUT2D eigenvalue weighted by Gasteiger charge is 2.21. The van der Waals surface area contributed by atoms with Crippen molar-refractivity contribution in [3.8, 4) is 21.8 Å². The number of allylic oxidation sites excluding steroid dienone is 1. The van der Waals surface area contributed by atoms with Crippen molar-refractivity contribution in [2.75, 3.05) is 5.32 Å². The van der Waals surface area contributed by atoms with Crippen LogP contribution in [0, 0.1) is 12.3 Å². The summed E-state index contributed by atoms with van der Waals surface area (Å²) < 4.78 is 3.14. The number of nitrogens with zero attached hydrogens (tertiary/aromatic N) is 4. The number of anilines is 1. The summed E-state index contributed by atoms with van der Waals surface area (Å²) in [5.41, 5.74) is 4.30. The molecule has 0 atom stereocenters. The molecule has 0 saturated carbocycles. The number of fused-ring (bicyclic) bond motifs is 2. The predicted octanol–water partition coefficient (Wildman–Crippen LogP) is 5.67. The number of pyridine rings is 2. The van der Waals surface area contributed by atoms with Gasteiger partial charge in [-0.05, 0) is 37.3 Å². The number of carbonyl (C=O) groups is 1. The average molecular weight is 545 g/mol. The monoisotopic (exact) mass is 544 g/mol. The van der Waals surface area contributed by atoms with Crippen molar-refractivity contribution in [3.05, 3.63) is 125 Å². The highest BCUT2D eigenvalue weighted by molar-refractivity contribution is 7.19. The van der Waals surface area contributed by atoms with E-state index in [9.17, 15) is 9.59 Å². The van der Waals surface area contributed by atoms with Crippen molar-refractivity contribution < 1.29 is 4.79 Å². The lowest BCUT2D eigenvalue weighted by atomic mass is 10.1. The number of carbonyl (C=O) groups excluding carboxylic acids is 1. The average Bonchev–Trinajstić information content (AvgIpc) is 3.39. The minimum absolute atomic E-state index is 0.143. The van der Waals surface area contributed by atoms with Crippen LogP contribution >= 0.6 is 11.3 Å². The van der Waals surface area contributed by atoms with Crippen molar-refractivity contribution in [2.24, 2.45) is 0 Å². The van der Waals surface area contributed by atoms with Crippen LogP contribution in [0.5, 0.6) is 0 Å². The van der Waals surface area contributed by atoms with Crippen LogP contribution in [0.4, 0.5) is 5.00 Å². The maximum absolute atomic E-state index is 13.5. The fourth-order valence-corrected chi connectivity index (χ4v) is 5.55. The molecular weight excluding hydrogens is 520 g/mol. The van der Waals surface area contributed by atoms with Gasteiger partial charge in [-0.25, -0.2) is 9.97 Å². The Bertz CT molecular complexity index is 2040. The zero-order valence-electron chi connectivity index (χ0n) is 21.6. The highest BCUT2D eigenvalue weighted by Crippen LogP contribution is 2.38. The molecule has 0 spiro atoms. The molecule has 2 aromatic carbocycles. The first-order chi connectivity index (χ1) is 19.4. The Morgan fingerprint density at radius 3 is 2.55 bits per heavy atom. The van der Waals surface area contributed by atoms with Crippen LogP contribution in [0.2, 0.25) is 0 Å². The molecule has 8 nitrogen and oxygen atoms in total. The number of aromatic nitrogens is 4. The first-order valence-electron chi connectivity index (χ1n) is 12.6. The fraction of sp³-hybridized carbons (Fsp3) is 0.0645. The molecule has 40 heavy (non-hydrogen) atoms. The number of hydrogen-bond donors (Lipinski definition) is 2. The molecule has 0 bridgehead atoms. The molecule has 0 aliphatic carbocycles. The number of hydrogen-bond acceptors (Lipinski definition) is 6. The first-order valence-corrected chi connectivity index (χ1v) is 13.4. The van der Waals surface area contributed by atoms with E-state index in [1.165, 1.54) is 15.7 Å². The Morgan fingerprint density at radius 2 is 1.80 bits per heavy atom. The van der Waals surface area contributed by atoms with Crippen LogP contribution in [-0.2, 0) is 6.54 Å². The Labute approximate surface area is 233 Å². The van der Waals surface area contributed by atoms with Crippen LogP contribution in [0.15, 0.2) is 103 Å². The molecule has 4 aromatic heterocycles. The van der Waals surface area contributed by atoms with Gasteiger partial charge in [0.15, 0.2) is 0 Å². The first kappa shape index (κ1) is 25.1. The van der Waals surface area contributed by atoms with Gasteiger partial charge in [0.05, 0.1) is 10.9 Å². The van der Waals surface area contributed by atoms with E-state index in [1.807, 2.05) is 55.5 Å². The van der Waals surface area contributed by atoms with Crippen LogP contribution in [0.25, 0.3) is 38.5 Å². The normalized spacial score (nSPS) is 11.1. The summed E-state index contributed by atoms with van der Waals surface area (Å²) in [6.45, 7) is 6.13. The van der Waals surface area contributed by atoms with Crippen LogP contribution in [-0.4, -0.2) is 24.8 Å². The van der Waals surface area contributed by atoms with Gasteiger partial charge < -0.3 is 9.88 Å². The molecule has 4 heterocycles. The third-order valence-corrected chi connectivity index (χ3v) is 7.58. The predicted molar refractivity (Wildman–Crippen MR) is 159 cm³/mol. The summed E-state index contributed by atoms with van der Waals surface area (Å²) in [7, 11) is 0. The van der Waals surface area contributed by atoms with Gasteiger partial charge in [0, 0.05) is 23.9 Å². The molecule has 2 N–H and O–H groups in total. The Kier molecular flexibility index (Phi) is 6.41. The van der Waals surface area contributed by atoms with Crippen molar-refractivity contribution in [1.29, 1.82) is 5.41 Å². The van der Waals surface area contributed by atoms with Gasteiger partial charge in [0.1, 0.15) is 32.5 Å². The number of aryl methyl sites for hydroxylation is 1. The second-order valence-electron chi connectivity index (χ2n) is 9.27. The number of amides is 1. The Morgan fingerprint density at radius 1 is 1.05 bits per heavy atom. The number of rotatable bonds is 6. The molecule has 0 saturated heterocycles. The van der Waals surface area contributed by atoms with Gasteiger partial charge >= 0.3 is 0 Å². The third kappa shape index (κ3) is 4.42. The molecular formula is C31H24N6O2S. The highest BCUT2D eigenvalue weighted by atomic mass is 32.1. The van der Waals surface area contributed by atoms with Crippen LogP contribution < -0.4 is 16.4 Å². The van der Waals surface area contributed by atoms with Gasteiger partial charge in [-0.15, -0.1) is 6.58 Å². The zero-order chi connectivity index (χ0) is 27.8. The minimum Gasteiger partial charge on any atom is -0.312 e. The SMILES string of the molecule is C=CCn1c(=N)c(-c2nc(-c3ccc(C)cc3)c(NC(=O)c3ccccc3)s2)cc2c(=O)n3ccccc3nc21. The smallest absolute Gasteiger partial charge is 0.267 e. The summed E-state index contributed by atoms with van der Waals surface area (Å²) in [6.07, 6.45) is 3.34. The molecule has 6 rings (SSSR count). The van der Waals surface area contributed by atoms with Crippen molar-refractivity contribution >= 4 is 38.9 Å². The van der Waals surface area contributed by atoms with Crippen molar-refractivity contribution in [2.45, 2.75) is 13.5 Å². The van der Waals surface area contributed by atoms with Crippen molar-refractivity contribution in [3.63, 3.8) is 0 Å². The lowest BCUT2D eigenvalue weighted by molar-refractivity contribution is 0.102. The van der Waals surface area contributed by atoms with E-state index in [0.717, 1.165) is 11.1 Å². The summed E-state index contributed by atoms with van der Waals surface area (Å²) in [6, 6.07) is 23.9. The number of nitrogens with one attached hydrogen (secondary N) is 2. The lowest BCUT2D eigenvalue weighted by Gasteiger charge is -2.12. The summed E-state index contributed by atoms with van der Waals surface area (Å²) >= 11 is 1.26. The van der Waals surface area contributed by atoms with E-state index in [-0.39, 0.29) is 23.5 Å². The molecule has 1 amide bonds. The molecule has 196 valence electrons. The van der Waals surface area contributed by atoms with E-state index in [4.69, 9.17) is 10.4 Å². The van der Waals surface area contributed by atoms with E-state index in [0.29, 0.717) is 43.5 Å². The summed E-state index contributed by atoms with van der Waals surface area (Å²) in [4.78, 5) is 36.2. The molecule has 0 radical (unpaired) electrons. The zero-order valence-corrected chi connectivity index (χ0v) is 22.4. The third-order valence-electron chi connectivity index (χ3n) is 6.58. The minimum atomic E-state index is -0.260. The Hall–Kier alpha value is -5.15. The van der Waals surface area contributed by atoms with E-state index in [1.54, 1.807) is 47.2 Å². The van der Waals surface area contributed by atoms with Gasteiger partial charge in [-0.1, -0.05) is 71.5 Å². The summed E-state index contributed by atoms with van der Waals surface area (Å²) in [5, 5.41) is 13.5. The number of benzene rings is 2. The maximum Gasteiger partial charge on any atom is 0.267 e. The molecule has 0 aliphatic rings. The molecule has 6 aromatic rings. The van der Waals surface area contributed by atoms with Crippen LogP contribution in [0.3, 0.4) is 0 Å². The Balaban J connectivity index is 1.58. The standard InChI is InChI=1S/C31H24N6O2S/c1-3-16-37-26(32)22(18-23-27(37)33-24-11-7-8-17-36(24)31(23)39)29-34-25(20-14-12-19(2)13-15-20)30(40-29)35-28(38)21-9-5-4-6-10-21/h3-15,17-18,32H,1,16H2,2H3,(H,35,38). The van der Waals surface area contributed by atoms with E-state index < -0.39 is 0 Å². The largest absolute Gasteiger partial charge is 0.312 e. The molecule has 0 aliphatic heterocycles. The van der Waals surface area contributed by atoms with Gasteiger partial charge in [-0.3, -0.25) is 19.4 Å². The topological polar surface area (TPSA) is 105 Å². The second kappa shape index (κ2) is 10.2. The molecule has 0 unspecified atom stereocenters. The van der Waals surface area contributed by atoms with Gasteiger partial charge in [0.25, 0.3) is 11.5 Å². The number of thiazole rings is 1. The fourth-order valence-electron chi connectivity index (χ4n) is 4.55. The second-order valence-corrected chi connectivity index (χ2v) is 10.3. The van der Waals surface area contributed by atoms with Crippen molar-refractivity contribution in [1.82, 2.24) is 18.9 Å². The van der Waals surface area contributed by atoms with E-state index in [2.05, 4.69) is 16.9 Å². The summed E-state index contributed by atoms with van der Waals surface area (Å²) in [5.74, 6) is -0.260. The maximum atomic E-state index is 13.5. The molecule has 9 heteroatoms. The van der Waals surface area contributed by atoms with Gasteiger partial charge in [0.2, 0.25) is 0 Å². The lowest BCUT2D eigenvalue weighted by Crippen LogP contribution is -2.26. The quantitative estimate of drug-likeness (QED) is 0.208. The van der Waals surface area contributed by atoms with E-state index >= 15 is 0 Å². The van der Waals surface area contributed by atoms with Gasteiger partial charge in [-0.2, -0.15) is 0 Å².